The van der Waals surface area contributed by atoms with E-state index in [0.29, 0.717) is 47.8 Å². The van der Waals surface area contributed by atoms with Crippen molar-refractivity contribution in [3.63, 3.8) is 0 Å². The summed E-state index contributed by atoms with van der Waals surface area (Å²) in [5, 5.41) is 0. The quantitative estimate of drug-likeness (QED) is 0.404. The fourth-order valence-electron chi connectivity index (χ4n) is 8.29. The van der Waals surface area contributed by atoms with Crippen LogP contribution in [-0.2, 0) is 0 Å². The number of aryl methyl sites for hydroxylation is 2. The minimum Gasteiger partial charge on any atom is -0.357 e. The Morgan fingerprint density at radius 1 is 0.400 bits per heavy atom. The molecule has 0 radical (unpaired) electrons. The number of anilines is 2. The second-order valence-corrected chi connectivity index (χ2v) is 12.2. The summed E-state index contributed by atoms with van der Waals surface area (Å²) in [4.78, 5) is 5.28. The van der Waals surface area contributed by atoms with Crippen LogP contribution in [-0.4, -0.2) is 24.2 Å². The first kappa shape index (κ1) is 23.8. The van der Waals surface area contributed by atoms with Crippen LogP contribution in [0.15, 0.2) is 134 Å². The van der Waals surface area contributed by atoms with Gasteiger partial charge in [-0.05, 0) is 60.4 Å². The predicted octanol–water partition coefficient (Wildman–Crippen LogP) is 8.05. The minimum atomic E-state index is 0.402. The minimum absolute atomic E-state index is 0.402. The summed E-state index contributed by atoms with van der Waals surface area (Å²) >= 11 is 0. The third-order valence-electron chi connectivity index (χ3n) is 10.1. The number of rotatable bonds is 3. The molecule has 2 heteroatoms. The Morgan fingerprint density at radius 2 is 0.700 bits per heavy atom. The van der Waals surface area contributed by atoms with E-state index in [4.69, 9.17) is 0 Å². The number of allylic oxidation sites excluding steroid dienone is 8. The third kappa shape index (κ3) is 3.55. The summed E-state index contributed by atoms with van der Waals surface area (Å²) in [6.45, 7) is 4.55. The molecule has 8 rings (SSSR count). The molecule has 198 valence electrons. The van der Waals surface area contributed by atoms with Crippen LogP contribution in [0, 0.1) is 37.5 Å². The number of fused-ring (bicyclic) bond motifs is 6. The van der Waals surface area contributed by atoms with Gasteiger partial charge in [0, 0.05) is 35.0 Å². The molecule has 4 aliphatic carbocycles. The van der Waals surface area contributed by atoms with Gasteiger partial charge < -0.3 is 9.80 Å². The molecular weight excluding hydrogens is 484 g/mol. The zero-order valence-electron chi connectivity index (χ0n) is 23.2. The predicted molar refractivity (Wildman–Crippen MR) is 169 cm³/mol. The SMILES string of the molecule is Cc1cc(N2C3C=CC=CC3C3C=CC=CC32)ccc1-c1ccc(N2C3C=CC=CC3C3C=CC=CC32)cc1C. The highest BCUT2D eigenvalue weighted by molar-refractivity contribution is 5.76. The lowest BCUT2D eigenvalue weighted by atomic mass is 9.83. The Morgan fingerprint density at radius 3 is 1.00 bits per heavy atom. The molecule has 2 aliphatic heterocycles. The van der Waals surface area contributed by atoms with Crippen molar-refractivity contribution in [2.75, 3.05) is 9.80 Å². The molecule has 2 nitrogen and oxygen atoms in total. The van der Waals surface area contributed by atoms with Gasteiger partial charge in [-0.15, -0.1) is 0 Å². The van der Waals surface area contributed by atoms with E-state index in [-0.39, 0.29) is 0 Å². The fraction of sp³-hybridized carbons (Fsp3) is 0.263. The van der Waals surface area contributed by atoms with Crippen LogP contribution in [0.3, 0.4) is 0 Å². The van der Waals surface area contributed by atoms with Crippen molar-refractivity contribution >= 4 is 11.4 Å². The molecule has 0 bridgehead atoms. The lowest BCUT2D eigenvalue weighted by Crippen LogP contribution is -2.36. The summed E-state index contributed by atoms with van der Waals surface area (Å²) in [6.07, 6.45) is 36.9. The summed E-state index contributed by atoms with van der Waals surface area (Å²) in [7, 11) is 0. The van der Waals surface area contributed by atoms with Gasteiger partial charge in [0.1, 0.15) is 0 Å². The summed E-state index contributed by atoms with van der Waals surface area (Å²) in [6, 6.07) is 15.8. The van der Waals surface area contributed by atoms with E-state index < -0.39 is 0 Å². The lowest BCUT2D eigenvalue weighted by Gasteiger charge is -2.33. The molecule has 0 aromatic heterocycles. The maximum absolute atomic E-state index is 2.64. The molecule has 8 unspecified atom stereocenters. The molecule has 2 heterocycles. The average Bonchev–Trinajstić information content (AvgIpc) is 3.51. The number of hydrogen-bond acceptors (Lipinski definition) is 2. The molecule has 2 aromatic carbocycles. The standard InChI is InChI=1S/C38H36N2/c1-25-23-27(39-35-15-7-3-11-31(35)32-12-4-8-16-36(32)39)19-21-29(25)30-22-20-28(24-26(30)2)40-37-17-9-5-13-33(37)34-14-6-10-18-38(34)40/h3-24,31-38H,1-2H3. The maximum Gasteiger partial charge on any atom is 0.0551 e. The molecule has 8 atom stereocenters. The van der Waals surface area contributed by atoms with Crippen LogP contribution in [0.25, 0.3) is 11.1 Å². The van der Waals surface area contributed by atoms with Crippen LogP contribution < -0.4 is 9.80 Å². The lowest BCUT2D eigenvalue weighted by molar-refractivity contribution is 0.527. The molecule has 6 aliphatic rings. The molecule has 2 aromatic rings. The second kappa shape index (κ2) is 9.27. The van der Waals surface area contributed by atoms with Gasteiger partial charge >= 0.3 is 0 Å². The summed E-state index contributed by atoms with van der Waals surface area (Å²) in [5.41, 5.74) is 7.97. The number of hydrogen-bond donors (Lipinski definition) is 0. The molecule has 0 N–H and O–H groups in total. The topological polar surface area (TPSA) is 6.48 Å². The zero-order chi connectivity index (χ0) is 26.8. The van der Waals surface area contributed by atoms with Gasteiger partial charge in [0.05, 0.1) is 24.2 Å². The normalized spacial score (nSPS) is 33.9. The van der Waals surface area contributed by atoms with Crippen molar-refractivity contribution in [1.29, 1.82) is 0 Å². The maximum atomic E-state index is 2.64. The van der Waals surface area contributed by atoms with Crippen molar-refractivity contribution in [3.8, 4) is 11.1 Å². The van der Waals surface area contributed by atoms with E-state index in [1.54, 1.807) is 0 Å². The van der Waals surface area contributed by atoms with E-state index in [1.165, 1.54) is 33.6 Å². The highest BCUT2D eigenvalue weighted by Gasteiger charge is 2.46. The van der Waals surface area contributed by atoms with E-state index in [9.17, 15) is 0 Å². The highest BCUT2D eigenvalue weighted by atomic mass is 15.2. The van der Waals surface area contributed by atoms with Crippen molar-refractivity contribution in [1.82, 2.24) is 0 Å². The highest BCUT2D eigenvalue weighted by Crippen LogP contribution is 2.47. The third-order valence-corrected chi connectivity index (χ3v) is 10.1. The fourth-order valence-corrected chi connectivity index (χ4v) is 8.29. The summed E-state index contributed by atoms with van der Waals surface area (Å²) in [5.74, 6) is 2.11. The Bertz CT molecular complexity index is 1410. The van der Waals surface area contributed by atoms with Crippen molar-refractivity contribution in [3.05, 3.63) is 145 Å². The largest absolute Gasteiger partial charge is 0.357 e. The Kier molecular flexibility index (Phi) is 5.52. The van der Waals surface area contributed by atoms with Crippen molar-refractivity contribution in [2.24, 2.45) is 23.7 Å². The van der Waals surface area contributed by atoms with Gasteiger partial charge in [0.15, 0.2) is 0 Å². The molecule has 2 fully saturated rings. The van der Waals surface area contributed by atoms with Gasteiger partial charge in [0.2, 0.25) is 0 Å². The Hall–Kier alpha value is -4.04. The van der Waals surface area contributed by atoms with Gasteiger partial charge in [-0.1, -0.05) is 109 Å². The smallest absolute Gasteiger partial charge is 0.0551 e. The van der Waals surface area contributed by atoms with E-state index in [2.05, 4.69) is 157 Å². The number of benzene rings is 2. The van der Waals surface area contributed by atoms with Gasteiger partial charge in [-0.25, -0.2) is 0 Å². The van der Waals surface area contributed by atoms with Crippen LogP contribution in [0.2, 0.25) is 0 Å². The van der Waals surface area contributed by atoms with Crippen LogP contribution >= 0.6 is 0 Å². The van der Waals surface area contributed by atoms with E-state index >= 15 is 0 Å². The first-order valence-electron chi connectivity index (χ1n) is 14.9. The van der Waals surface area contributed by atoms with Crippen molar-refractivity contribution < 1.29 is 0 Å². The molecular formula is C38H36N2. The van der Waals surface area contributed by atoms with Crippen molar-refractivity contribution in [2.45, 2.75) is 38.0 Å². The first-order valence-corrected chi connectivity index (χ1v) is 14.9. The first-order chi connectivity index (χ1) is 19.7. The second-order valence-electron chi connectivity index (χ2n) is 12.2. The molecule has 0 spiro atoms. The summed E-state index contributed by atoms with van der Waals surface area (Å²) < 4.78 is 0. The Labute approximate surface area is 238 Å². The van der Waals surface area contributed by atoms with Crippen LogP contribution in [0.4, 0.5) is 11.4 Å². The van der Waals surface area contributed by atoms with E-state index in [1.807, 2.05) is 0 Å². The van der Waals surface area contributed by atoms with E-state index in [0.717, 1.165) is 0 Å². The molecule has 0 saturated carbocycles. The zero-order valence-corrected chi connectivity index (χ0v) is 23.2. The average molecular weight is 521 g/mol. The molecule has 0 amide bonds. The monoisotopic (exact) mass is 520 g/mol. The Balaban J connectivity index is 1.12. The van der Waals surface area contributed by atoms with Gasteiger partial charge in [-0.2, -0.15) is 0 Å². The van der Waals surface area contributed by atoms with Crippen LogP contribution in [0.1, 0.15) is 11.1 Å². The van der Waals surface area contributed by atoms with Gasteiger partial charge in [-0.3, -0.25) is 0 Å². The molecule has 2 saturated heterocycles. The molecule has 40 heavy (non-hydrogen) atoms. The van der Waals surface area contributed by atoms with Gasteiger partial charge in [0.25, 0.3) is 0 Å². The van der Waals surface area contributed by atoms with Crippen LogP contribution in [0.5, 0.6) is 0 Å². The number of nitrogens with zero attached hydrogens (tertiary/aromatic N) is 2.